The molecule has 1 heterocycles. The van der Waals surface area contributed by atoms with Crippen LogP contribution in [0.15, 0.2) is 29.6 Å². The maximum atomic E-state index is 12.2. The molecule has 1 N–H and O–H groups in total. The number of hydrogen-bond acceptors (Lipinski definition) is 4. The summed E-state index contributed by atoms with van der Waals surface area (Å²) in [4.78, 5) is 3.76. The normalized spacial score (nSPS) is 11.4. The lowest BCUT2D eigenvalue weighted by Gasteiger charge is -2.09. The van der Waals surface area contributed by atoms with Gasteiger partial charge in [-0.25, -0.2) is 4.98 Å². The van der Waals surface area contributed by atoms with Crippen LogP contribution in [0.3, 0.4) is 0 Å². The highest BCUT2D eigenvalue weighted by molar-refractivity contribution is 7.92. The second-order valence-corrected chi connectivity index (χ2v) is 6.27. The van der Waals surface area contributed by atoms with E-state index in [2.05, 4.69) is 9.71 Å². The summed E-state index contributed by atoms with van der Waals surface area (Å²) in [6, 6.07) is 4.61. The summed E-state index contributed by atoms with van der Waals surface area (Å²) in [5.41, 5.74) is 0.188. The van der Waals surface area contributed by atoms with Gasteiger partial charge < -0.3 is 9.30 Å². The van der Waals surface area contributed by atoms with Crippen molar-refractivity contribution in [2.24, 2.45) is 7.05 Å². The molecule has 0 unspecified atom stereocenters. The molecule has 1 aromatic heterocycles. The van der Waals surface area contributed by atoms with Crippen LogP contribution in [0.1, 0.15) is 0 Å². The van der Waals surface area contributed by atoms with Crippen LogP contribution in [0.4, 0.5) is 5.69 Å². The van der Waals surface area contributed by atoms with Crippen molar-refractivity contribution in [2.75, 3.05) is 11.8 Å². The molecule has 9 heteroatoms. The van der Waals surface area contributed by atoms with Crippen molar-refractivity contribution < 1.29 is 13.2 Å². The van der Waals surface area contributed by atoms with Gasteiger partial charge in [0.05, 0.1) is 24.1 Å². The summed E-state index contributed by atoms with van der Waals surface area (Å²) in [6.07, 6.45) is 1.31. The molecule has 0 aliphatic carbocycles. The van der Waals surface area contributed by atoms with Crippen LogP contribution in [0.25, 0.3) is 0 Å². The van der Waals surface area contributed by atoms with Crippen LogP contribution in [-0.4, -0.2) is 25.1 Å². The van der Waals surface area contributed by atoms with E-state index in [4.69, 9.17) is 27.9 Å². The predicted molar refractivity (Wildman–Crippen MR) is 77.0 cm³/mol. The van der Waals surface area contributed by atoms with Crippen LogP contribution in [0, 0.1) is 0 Å². The third kappa shape index (κ3) is 2.84. The van der Waals surface area contributed by atoms with Gasteiger partial charge in [-0.3, -0.25) is 4.72 Å². The highest BCUT2D eigenvalue weighted by Crippen LogP contribution is 2.29. The van der Waals surface area contributed by atoms with Crippen molar-refractivity contribution in [3.05, 3.63) is 34.7 Å². The van der Waals surface area contributed by atoms with Gasteiger partial charge in [-0.05, 0) is 12.1 Å². The van der Waals surface area contributed by atoms with Crippen LogP contribution in [-0.2, 0) is 17.1 Å². The van der Waals surface area contributed by atoms with E-state index in [0.29, 0.717) is 5.75 Å². The smallest absolute Gasteiger partial charge is 0.282 e. The number of aromatic nitrogens is 2. The Morgan fingerprint density at radius 1 is 1.35 bits per heavy atom. The van der Waals surface area contributed by atoms with Gasteiger partial charge in [0.2, 0.25) is 5.03 Å². The Kier molecular flexibility index (Phi) is 4.12. The molecule has 0 atom stereocenters. The molecular formula is C11H11Cl2N3O3S. The summed E-state index contributed by atoms with van der Waals surface area (Å²) in [6.45, 7) is 0. The van der Waals surface area contributed by atoms with Crippen molar-refractivity contribution in [3.8, 4) is 5.75 Å². The molecule has 20 heavy (non-hydrogen) atoms. The molecule has 2 aromatic rings. The van der Waals surface area contributed by atoms with Gasteiger partial charge in [0.15, 0.2) is 0 Å². The van der Waals surface area contributed by atoms with Crippen molar-refractivity contribution in [1.82, 2.24) is 9.55 Å². The number of nitrogens with zero attached hydrogens (tertiary/aromatic N) is 2. The highest BCUT2D eigenvalue weighted by atomic mass is 35.5. The van der Waals surface area contributed by atoms with Crippen LogP contribution >= 0.6 is 23.2 Å². The quantitative estimate of drug-likeness (QED) is 0.931. The van der Waals surface area contributed by atoms with E-state index >= 15 is 0 Å². The van der Waals surface area contributed by atoms with Gasteiger partial charge >= 0.3 is 0 Å². The standard InChI is InChI=1S/C11H11Cl2N3O3S/c1-16-6-14-11(10(16)13)20(17,18)15-9-5-7(19-2)3-4-8(9)12/h3-6,15H,1-2H3. The number of sulfonamides is 1. The first kappa shape index (κ1) is 15.0. The number of imidazole rings is 1. The topological polar surface area (TPSA) is 73.2 Å². The van der Waals surface area contributed by atoms with Gasteiger partial charge in [0, 0.05) is 13.1 Å². The molecule has 0 aliphatic heterocycles. The average molecular weight is 336 g/mol. The number of benzene rings is 1. The highest BCUT2D eigenvalue weighted by Gasteiger charge is 2.23. The molecule has 0 radical (unpaired) electrons. The minimum absolute atomic E-state index is 0.0107. The van der Waals surface area contributed by atoms with Gasteiger partial charge in [-0.15, -0.1) is 0 Å². The molecule has 0 saturated carbocycles. The lowest BCUT2D eigenvalue weighted by Crippen LogP contribution is -2.14. The summed E-state index contributed by atoms with van der Waals surface area (Å²) in [7, 11) is -0.865. The van der Waals surface area contributed by atoms with Crippen molar-refractivity contribution in [3.63, 3.8) is 0 Å². The first-order valence-electron chi connectivity index (χ1n) is 5.38. The van der Waals surface area contributed by atoms with E-state index in [-0.39, 0.29) is 20.9 Å². The molecule has 1 aromatic carbocycles. The number of aryl methyl sites for hydroxylation is 1. The molecule has 0 fully saturated rings. The maximum absolute atomic E-state index is 12.2. The van der Waals surface area contributed by atoms with E-state index in [1.165, 1.54) is 30.1 Å². The molecule has 0 spiro atoms. The van der Waals surface area contributed by atoms with Crippen LogP contribution in [0.5, 0.6) is 5.75 Å². The number of hydrogen-bond donors (Lipinski definition) is 1. The Labute approximate surface area is 126 Å². The average Bonchev–Trinajstić information content (AvgIpc) is 2.73. The Morgan fingerprint density at radius 2 is 2.05 bits per heavy atom. The van der Waals surface area contributed by atoms with E-state index < -0.39 is 10.0 Å². The summed E-state index contributed by atoms with van der Waals surface area (Å²) >= 11 is 11.8. The number of rotatable bonds is 4. The lowest BCUT2D eigenvalue weighted by atomic mass is 10.3. The fraction of sp³-hybridized carbons (Fsp3) is 0.182. The van der Waals surface area contributed by atoms with E-state index in [1.807, 2.05) is 0 Å². The van der Waals surface area contributed by atoms with Crippen molar-refractivity contribution in [2.45, 2.75) is 5.03 Å². The Morgan fingerprint density at radius 3 is 2.60 bits per heavy atom. The minimum atomic E-state index is -3.92. The Hall–Kier alpha value is -1.44. The number of anilines is 1. The minimum Gasteiger partial charge on any atom is -0.497 e. The van der Waals surface area contributed by atoms with Gasteiger partial charge in [0.25, 0.3) is 10.0 Å². The molecule has 108 valence electrons. The van der Waals surface area contributed by atoms with Gasteiger partial charge in [-0.2, -0.15) is 8.42 Å². The third-order valence-corrected chi connectivity index (χ3v) is 4.69. The molecular weight excluding hydrogens is 325 g/mol. The monoisotopic (exact) mass is 335 g/mol. The fourth-order valence-corrected chi connectivity index (χ4v) is 3.20. The first-order chi connectivity index (χ1) is 9.35. The lowest BCUT2D eigenvalue weighted by molar-refractivity contribution is 0.415. The van der Waals surface area contributed by atoms with Crippen molar-refractivity contribution in [1.29, 1.82) is 0 Å². The summed E-state index contributed by atoms with van der Waals surface area (Å²) in [5, 5.41) is -0.0153. The van der Waals surface area contributed by atoms with E-state index in [0.717, 1.165) is 0 Å². The summed E-state index contributed by atoms with van der Waals surface area (Å²) in [5.74, 6) is 0.471. The Balaban J connectivity index is 2.40. The van der Waals surface area contributed by atoms with Gasteiger partial charge in [-0.1, -0.05) is 23.2 Å². The number of halogens is 2. The van der Waals surface area contributed by atoms with Gasteiger partial charge in [0.1, 0.15) is 10.9 Å². The molecule has 0 amide bonds. The zero-order valence-electron chi connectivity index (χ0n) is 10.6. The number of ether oxygens (including phenoxy) is 1. The molecule has 2 rings (SSSR count). The van der Waals surface area contributed by atoms with Crippen LogP contribution in [0.2, 0.25) is 10.2 Å². The SMILES string of the molecule is COc1ccc(Cl)c(NS(=O)(=O)c2ncn(C)c2Cl)c1. The number of nitrogens with one attached hydrogen (secondary N) is 1. The number of methoxy groups -OCH3 is 1. The predicted octanol–water partition coefficient (Wildman–Crippen LogP) is 2.54. The largest absolute Gasteiger partial charge is 0.497 e. The fourth-order valence-electron chi connectivity index (χ4n) is 1.48. The maximum Gasteiger partial charge on any atom is 0.282 e. The molecule has 0 bridgehead atoms. The second kappa shape index (κ2) is 5.51. The van der Waals surface area contributed by atoms with E-state index in [9.17, 15) is 8.42 Å². The zero-order valence-corrected chi connectivity index (χ0v) is 12.9. The Bertz CT molecular complexity index is 743. The molecule has 6 nitrogen and oxygen atoms in total. The molecule has 0 saturated heterocycles. The summed E-state index contributed by atoms with van der Waals surface area (Å²) < 4.78 is 33.2. The second-order valence-electron chi connectivity index (χ2n) is 3.90. The van der Waals surface area contributed by atoms with Crippen molar-refractivity contribution >= 4 is 38.9 Å². The molecule has 0 aliphatic rings. The first-order valence-corrected chi connectivity index (χ1v) is 7.62. The third-order valence-electron chi connectivity index (χ3n) is 2.51. The van der Waals surface area contributed by atoms with Crippen LogP contribution < -0.4 is 9.46 Å². The van der Waals surface area contributed by atoms with E-state index in [1.54, 1.807) is 13.1 Å². The zero-order chi connectivity index (χ0) is 14.9.